The first-order valence-electron chi connectivity index (χ1n) is 8.11. The molecule has 9 heteroatoms. The Morgan fingerprint density at radius 2 is 2.12 bits per heavy atom. The van der Waals surface area contributed by atoms with E-state index >= 15 is 0 Å². The smallest absolute Gasteiger partial charge is 0.274 e. The highest BCUT2D eigenvalue weighted by atomic mass is 35.5. The maximum Gasteiger partial charge on any atom is 0.274 e. The molecule has 0 radical (unpaired) electrons. The molecule has 2 aromatic heterocycles. The molecule has 2 aromatic rings. The SMILES string of the molecule is Cc1nc(N(C)C=O)c(C(=O)N(C)CCCO)n1Cc1ccc(Cl)cn1. The second kappa shape index (κ2) is 8.77. The summed E-state index contributed by atoms with van der Waals surface area (Å²) in [7, 11) is 3.19. The van der Waals surface area contributed by atoms with Crippen molar-refractivity contribution < 1.29 is 14.7 Å². The largest absolute Gasteiger partial charge is 0.396 e. The average molecular weight is 380 g/mol. The van der Waals surface area contributed by atoms with Crippen molar-refractivity contribution in [3.05, 3.63) is 40.6 Å². The lowest BCUT2D eigenvalue weighted by Gasteiger charge is -2.20. The molecule has 2 amide bonds. The molecule has 8 nitrogen and oxygen atoms in total. The van der Waals surface area contributed by atoms with Crippen molar-refractivity contribution in [2.75, 3.05) is 32.1 Å². The lowest BCUT2D eigenvalue weighted by molar-refractivity contribution is -0.107. The molecule has 2 heterocycles. The Hall–Kier alpha value is -2.45. The van der Waals surface area contributed by atoms with Gasteiger partial charge in [0.15, 0.2) is 11.5 Å². The number of halogens is 1. The number of hydrogen-bond acceptors (Lipinski definition) is 5. The van der Waals surface area contributed by atoms with Gasteiger partial charge in [-0.05, 0) is 25.5 Å². The lowest BCUT2D eigenvalue weighted by Crippen LogP contribution is -2.32. The van der Waals surface area contributed by atoms with E-state index in [4.69, 9.17) is 16.7 Å². The normalized spacial score (nSPS) is 10.7. The van der Waals surface area contributed by atoms with Gasteiger partial charge in [-0.3, -0.25) is 14.6 Å². The van der Waals surface area contributed by atoms with Gasteiger partial charge in [0.25, 0.3) is 5.91 Å². The van der Waals surface area contributed by atoms with Crippen molar-refractivity contribution in [2.24, 2.45) is 0 Å². The summed E-state index contributed by atoms with van der Waals surface area (Å²) in [6, 6.07) is 3.50. The van der Waals surface area contributed by atoms with Gasteiger partial charge in [0.05, 0.1) is 17.3 Å². The summed E-state index contributed by atoms with van der Waals surface area (Å²) in [4.78, 5) is 35.6. The van der Waals surface area contributed by atoms with Crippen LogP contribution in [0.1, 0.15) is 28.4 Å². The Kier molecular flexibility index (Phi) is 6.70. The number of aromatic nitrogens is 3. The molecule has 26 heavy (non-hydrogen) atoms. The summed E-state index contributed by atoms with van der Waals surface area (Å²) in [6.07, 6.45) is 2.61. The Bertz CT molecular complexity index is 775. The van der Waals surface area contributed by atoms with Gasteiger partial charge in [0, 0.05) is 33.4 Å². The number of aliphatic hydroxyl groups is 1. The molecule has 0 aromatic carbocycles. The molecule has 0 atom stereocenters. The highest BCUT2D eigenvalue weighted by molar-refractivity contribution is 6.30. The molecule has 0 aliphatic heterocycles. The molecule has 0 spiro atoms. The van der Waals surface area contributed by atoms with E-state index in [1.807, 2.05) is 0 Å². The van der Waals surface area contributed by atoms with E-state index in [1.54, 1.807) is 37.7 Å². The summed E-state index contributed by atoms with van der Waals surface area (Å²) < 4.78 is 1.73. The van der Waals surface area contributed by atoms with Gasteiger partial charge in [0.2, 0.25) is 6.41 Å². The monoisotopic (exact) mass is 379 g/mol. The van der Waals surface area contributed by atoms with E-state index in [2.05, 4.69) is 9.97 Å². The van der Waals surface area contributed by atoms with Gasteiger partial charge >= 0.3 is 0 Å². The summed E-state index contributed by atoms with van der Waals surface area (Å²) in [5.74, 6) is 0.591. The fourth-order valence-electron chi connectivity index (χ4n) is 2.50. The third-order valence-electron chi connectivity index (χ3n) is 3.94. The highest BCUT2D eigenvalue weighted by Gasteiger charge is 2.26. The minimum atomic E-state index is -0.281. The number of aryl methyl sites for hydroxylation is 1. The number of anilines is 1. The second-order valence-electron chi connectivity index (χ2n) is 5.91. The molecular weight excluding hydrogens is 358 g/mol. The standard InChI is InChI=1S/C17H22ClN5O3/c1-12-20-16(22(3)11-25)15(17(26)21(2)7-4-8-24)23(12)10-14-6-5-13(18)9-19-14/h5-6,9,11,24H,4,7-8,10H2,1-3H3. The van der Waals surface area contributed by atoms with Crippen LogP contribution in [-0.4, -0.2) is 64.1 Å². The number of carbonyl (C=O) groups is 2. The fourth-order valence-corrected chi connectivity index (χ4v) is 2.61. The topological polar surface area (TPSA) is 91.6 Å². The van der Waals surface area contributed by atoms with Crippen LogP contribution in [0.2, 0.25) is 5.02 Å². The van der Waals surface area contributed by atoms with Crippen LogP contribution in [0.15, 0.2) is 18.3 Å². The van der Waals surface area contributed by atoms with Crippen LogP contribution in [0.5, 0.6) is 0 Å². The third-order valence-corrected chi connectivity index (χ3v) is 4.17. The van der Waals surface area contributed by atoms with E-state index in [9.17, 15) is 9.59 Å². The number of rotatable bonds is 8. The number of pyridine rings is 1. The molecule has 2 rings (SSSR count). The van der Waals surface area contributed by atoms with Gasteiger partial charge in [-0.25, -0.2) is 4.98 Å². The van der Waals surface area contributed by atoms with Crippen LogP contribution in [0.25, 0.3) is 0 Å². The zero-order valence-electron chi connectivity index (χ0n) is 15.0. The summed E-state index contributed by atoms with van der Waals surface area (Å²) in [5, 5.41) is 9.52. The van der Waals surface area contributed by atoms with Crippen molar-refractivity contribution >= 4 is 29.7 Å². The van der Waals surface area contributed by atoms with Crippen LogP contribution in [0.3, 0.4) is 0 Å². The Labute approximate surface area is 157 Å². The molecule has 0 aliphatic carbocycles. The van der Waals surface area contributed by atoms with E-state index in [-0.39, 0.29) is 18.3 Å². The predicted molar refractivity (Wildman–Crippen MR) is 98.4 cm³/mol. The number of hydrogen-bond donors (Lipinski definition) is 1. The van der Waals surface area contributed by atoms with Gasteiger partial charge in [-0.2, -0.15) is 0 Å². The van der Waals surface area contributed by atoms with E-state index in [1.165, 1.54) is 16.0 Å². The Morgan fingerprint density at radius 1 is 1.38 bits per heavy atom. The van der Waals surface area contributed by atoms with Crippen molar-refractivity contribution in [1.29, 1.82) is 0 Å². The van der Waals surface area contributed by atoms with Gasteiger partial charge in [-0.1, -0.05) is 11.6 Å². The number of aliphatic hydroxyl groups excluding tert-OH is 1. The molecule has 0 saturated heterocycles. The number of imidazole rings is 1. The first kappa shape index (κ1) is 19.9. The van der Waals surface area contributed by atoms with Crippen molar-refractivity contribution in [3.63, 3.8) is 0 Å². The number of nitrogens with zero attached hydrogens (tertiary/aromatic N) is 5. The van der Waals surface area contributed by atoms with Crippen molar-refractivity contribution in [1.82, 2.24) is 19.4 Å². The van der Waals surface area contributed by atoms with Gasteiger partial charge in [-0.15, -0.1) is 0 Å². The average Bonchev–Trinajstić information content (AvgIpc) is 2.96. The Morgan fingerprint density at radius 3 is 2.69 bits per heavy atom. The first-order valence-corrected chi connectivity index (χ1v) is 8.48. The fraction of sp³-hybridized carbons (Fsp3) is 0.412. The van der Waals surface area contributed by atoms with Gasteiger partial charge in [0.1, 0.15) is 5.82 Å². The second-order valence-corrected chi connectivity index (χ2v) is 6.34. The lowest BCUT2D eigenvalue weighted by atomic mass is 10.3. The van der Waals surface area contributed by atoms with Crippen LogP contribution in [-0.2, 0) is 11.3 Å². The third kappa shape index (κ3) is 4.39. The zero-order chi connectivity index (χ0) is 19.3. The van der Waals surface area contributed by atoms with E-state index in [0.29, 0.717) is 48.2 Å². The quantitative estimate of drug-likeness (QED) is 0.699. The Balaban J connectivity index is 2.45. The molecule has 140 valence electrons. The van der Waals surface area contributed by atoms with Crippen LogP contribution in [0, 0.1) is 6.92 Å². The highest BCUT2D eigenvalue weighted by Crippen LogP contribution is 2.23. The molecule has 0 bridgehead atoms. The first-order chi connectivity index (χ1) is 12.4. The molecule has 0 fully saturated rings. The molecule has 0 saturated carbocycles. The summed E-state index contributed by atoms with van der Waals surface area (Å²) in [5.41, 5.74) is 1.01. The van der Waals surface area contributed by atoms with Crippen LogP contribution >= 0.6 is 11.6 Å². The van der Waals surface area contributed by atoms with Crippen molar-refractivity contribution in [3.8, 4) is 0 Å². The molecule has 0 unspecified atom stereocenters. The zero-order valence-corrected chi connectivity index (χ0v) is 15.8. The number of amides is 2. The van der Waals surface area contributed by atoms with E-state index < -0.39 is 0 Å². The summed E-state index contributed by atoms with van der Waals surface area (Å²) >= 11 is 5.87. The van der Waals surface area contributed by atoms with Crippen LogP contribution in [0.4, 0.5) is 5.82 Å². The van der Waals surface area contributed by atoms with Crippen LogP contribution < -0.4 is 4.90 Å². The maximum absolute atomic E-state index is 13.0. The summed E-state index contributed by atoms with van der Waals surface area (Å²) in [6.45, 7) is 2.47. The minimum Gasteiger partial charge on any atom is -0.396 e. The molecular formula is C17H22ClN5O3. The van der Waals surface area contributed by atoms with Crippen molar-refractivity contribution in [2.45, 2.75) is 19.9 Å². The number of carbonyl (C=O) groups excluding carboxylic acids is 2. The molecule has 0 aliphatic rings. The molecule has 1 N–H and O–H groups in total. The predicted octanol–water partition coefficient (Wildman–Crippen LogP) is 1.34. The van der Waals surface area contributed by atoms with Gasteiger partial charge < -0.3 is 19.5 Å². The van der Waals surface area contributed by atoms with E-state index in [0.717, 1.165) is 0 Å². The maximum atomic E-state index is 13.0. The minimum absolute atomic E-state index is 0.00823.